The van der Waals surface area contributed by atoms with Crippen LogP contribution in [0.4, 0.5) is 0 Å². The quantitative estimate of drug-likeness (QED) is 0.223. The predicted molar refractivity (Wildman–Crippen MR) is 129 cm³/mol. The molecule has 5 nitrogen and oxygen atoms in total. The van der Waals surface area contributed by atoms with Gasteiger partial charge in [-0.25, -0.2) is 5.43 Å². The van der Waals surface area contributed by atoms with Crippen LogP contribution in [0, 0.1) is 0 Å². The van der Waals surface area contributed by atoms with Crippen molar-refractivity contribution in [1.82, 2.24) is 5.43 Å². The number of rotatable bonds is 7. The zero-order valence-electron chi connectivity index (χ0n) is 16.8. The third-order valence-corrected chi connectivity index (χ3v) is 5.43. The summed E-state index contributed by atoms with van der Waals surface area (Å²) in [6.07, 6.45) is 1.45. The van der Waals surface area contributed by atoms with Crippen molar-refractivity contribution >= 4 is 39.7 Å². The summed E-state index contributed by atoms with van der Waals surface area (Å²) in [6, 6.07) is 25.8. The molecule has 3 aromatic carbocycles. The van der Waals surface area contributed by atoms with Crippen LogP contribution in [0.3, 0.4) is 0 Å². The molecule has 1 aromatic heterocycles. The Balaban J connectivity index is 1.40. The van der Waals surface area contributed by atoms with Crippen molar-refractivity contribution in [3.05, 3.63) is 111 Å². The molecule has 160 valence electrons. The Morgan fingerprint density at radius 3 is 2.69 bits per heavy atom. The van der Waals surface area contributed by atoms with Gasteiger partial charge in [0.15, 0.2) is 0 Å². The number of ether oxygens (including phenoxy) is 1. The fourth-order valence-electron chi connectivity index (χ4n) is 2.98. The van der Waals surface area contributed by atoms with E-state index in [-0.39, 0.29) is 6.61 Å². The van der Waals surface area contributed by atoms with Crippen molar-refractivity contribution in [3.63, 3.8) is 0 Å². The lowest BCUT2D eigenvalue weighted by Crippen LogP contribution is -2.18. The zero-order chi connectivity index (χ0) is 22.3. The van der Waals surface area contributed by atoms with Crippen LogP contribution in [0.15, 0.2) is 98.9 Å². The normalized spacial score (nSPS) is 10.9. The Hall–Kier alpha value is -3.35. The highest BCUT2D eigenvalue weighted by Crippen LogP contribution is 2.25. The molecular formula is C25H18BrClN2O3. The predicted octanol–water partition coefficient (Wildman–Crippen LogP) is 6.71. The number of nitrogens with one attached hydrogen (secondary N) is 1. The number of furan rings is 1. The van der Waals surface area contributed by atoms with E-state index < -0.39 is 5.91 Å². The maximum absolute atomic E-state index is 12.6. The molecule has 0 radical (unpaired) electrons. The molecule has 0 saturated carbocycles. The summed E-state index contributed by atoms with van der Waals surface area (Å²) in [5, 5.41) is 4.62. The Labute approximate surface area is 198 Å². The standard InChI is InChI=1S/C25H18BrClN2O3/c26-19-8-5-7-17(14-19)23-13-12-20(32-23)15-28-29-25(30)21-9-2-4-11-24(21)31-16-18-6-1-3-10-22(18)27/h1-15H,16H2,(H,29,30)/b28-15+. The van der Waals surface area contributed by atoms with Gasteiger partial charge in [-0.3, -0.25) is 4.79 Å². The van der Waals surface area contributed by atoms with Crippen molar-refractivity contribution in [2.24, 2.45) is 5.10 Å². The van der Waals surface area contributed by atoms with Crippen LogP contribution >= 0.6 is 27.5 Å². The smallest absolute Gasteiger partial charge is 0.275 e. The molecule has 0 unspecified atom stereocenters. The van der Waals surface area contributed by atoms with E-state index in [0.717, 1.165) is 15.6 Å². The molecular weight excluding hydrogens is 492 g/mol. The van der Waals surface area contributed by atoms with Crippen LogP contribution in [0.5, 0.6) is 5.75 Å². The van der Waals surface area contributed by atoms with E-state index in [1.165, 1.54) is 6.21 Å². The number of carbonyl (C=O) groups is 1. The second-order valence-electron chi connectivity index (χ2n) is 6.79. The second-order valence-corrected chi connectivity index (χ2v) is 8.11. The van der Waals surface area contributed by atoms with Crippen molar-refractivity contribution in [1.29, 1.82) is 0 Å². The monoisotopic (exact) mass is 508 g/mol. The number of nitrogens with zero attached hydrogens (tertiary/aromatic N) is 1. The van der Waals surface area contributed by atoms with Crippen molar-refractivity contribution < 1.29 is 13.9 Å². The van der Waals surface area contributed by atoms with Crippen molar-refractivity contribution in [3.8, 4) is 17.1 Å². The van der Waals surface area contributed by atoms with E-state index in [2.05, 4.69) is 26.5 Å². The summed E-state index contributed by atoms with van der Waals surface area (Å²) in [7, 11) is 0. The Morgan fingerprint density at radius 2 is 1.84 bits per heavy atom. The zero-order valence-corrected chi connectivity index (χ0v) is 19.1. The summed E-state index contributed by atoms with van der Waals surface area (Å²) in [4.78, 5) is 12.6. The lowest BCUT2D eigenvalue weighted by Gasteiger charge is -2.11. The van der Waals surface area contributed by atoms with Gasteiger partial charge in [-0.1, -0.05) is 70.0 Å². The second kappa shape index (κ2) is 10.3. The van der Waals surface area contributed by atoms with Gasteiger partial charge in [-0.15, -0.1) is 0 Å². The van der Waals surface area contributed by atoms with E-state index in [1.807, 2.05) is 48.5 Å². The fraction of sp³-hybridized carbons (Fsp3) is 0.0400. The van der Waals surface area contributed by atoms with Crippen molar-refractivity contribution in [2.75, 3.05) is 0 Å². The van der Waals surface area contributed by atoms with E-state index in [9.17, 15) is 4.79 Å². The van der Waals surface area contributed by atoms with E-state index in [0.29, 0.717) is 27.9 Å². The van der Waals surface area contributed by atoms with Crippen LogP contribution in [-0.4, -0.2) is 12.1 Å². The molecule has 0 saturated heterocycles. The Morgan fingerprint density at radius 1 is 1.03 bits per heavy atom. The van der Waals surface area contributed by atoms with Crippen LogP contribution in [-0.2, 0) is 6.61 Å². The number of benzene rings is 3. The third kappa shape index (κ3) is 5.46. The van der Waals surface area contributed by atoms with Crippen LogP contribution < -0.4 is 10.2 Å². The van der Waals surface area contributed by atoms with E-state index >= 15 is 0 Å². The molecule has 32 heavy (non-hydrogen) atoms. The maximum Gasteiger partial charge on any atom is 0.275 e. The molecule has 1 N–H and O–H groups in total. The molecule has 7 heteroatoms. The number of hydrogen-bond acceptors (Lipinski definition) is 4. The molecule has 0 fully saturated rings. The van der Waals surface area contributed by atoms with Gasteiger partial charge < -0.3 is 9.15 Å². The highest BCUT2D eigenvalue weighted by atomic mass is 79.9. The molecule has 0 spiro atoms. The molecule has 4 rings (SSSR count). The number of para-hydroxylation sites is 1. The van der Waals surface area contributed by atoms with Crippen LogP contribution in [0.25, 0.3) is 11.3 Å². The minimum absolute atomic E-state index is 0.248. The summed E-state index contributed by atoms with van der Waals surface area (Å²) in [5.41, 5.74) is 4.65. The molecule has 0 aliphatic rings. The molecule has 0 aliphatic heterocycles. The van der Waals surface area contributed by atoms with Gasteiger partial charge in [0.2, 0.25) is 0 Å². The number of hydrazone groups is 1. The van der Waals surface area contributed by atoms with E-state index in [1.54, 1.807) is 36.4 Å². The summed E-state index contributed by atoms with van der Waals surface area (Å²) in [6.45, 7) is 0.248. The molecule has 0 aliphatic carbocycles. The number of amides is 1. The van der Waals surface area contributed by atoms with Crippen LogP contribution in [0.1, 0.15) is 21.7 Å². The first-order chi connectivity index (χ1) is 15.6. The first-order valence-corrected chi connectivity index (χ1v) is 10.9. The first kappa shape index (κ1) is 21.9. The van der Waals surface area contributed by atoms with Gasteiger partial charge >= 0.3 is 0 Å². The minimum Gasteiger partial charge on any atom is -0.488 e. The molecule has 4 aromatic rings. The van der Waals surface area contributed by atoms with Gasteiger partial charge in [0, 0.05) is 20.6 Å². The van der Waals surface area contributed by atoms with Crippen molar-refractivity contribution in [2.45, 2.75) is 6.61 Å². The largest absolute Gasteiger partial charge is 0.488 e. The molecule has 0 bridgehead atoms. The lowest BCUT2D eigenvalue weighted by molar-refractivity contribution is 0.0950. The molecule has 1 heterocycles. The van der Waals surface area contributed by atoms with Gasteiger partial charge in [-0.05, 0) is 42.5 Å². The Bertz CT molecular complexity index is 1270. The van der Waals surface area contributed by atoms with Gasteiger partial charge in [0.05, 0.1) is 11.8 Å². The Kier molecular flexibility index (Phi) is 7.04. The average molecular weight is 510 g/mol. The molecule has 0 atom stereocenters. The third-order valence-electron chi connectivity index (χ3n) is 4.57. The molecule has 1 amide bonds. The lowest BCUT2D eigenvalue weighted by atomic mass is 10.2. The number of hydrogen-bond donors (Lipinski definition) is 1. The average Bonchev–Trinajstić information content (AvgIpc) is 3.28. The summed E-state index contributed by atoms with van der Waals surface area (Å²) >= 11 is 9.63. The minimum atomic E-state index is -0.394. The first-order valence-electron chi connectivity index (χ1n) is 9.74. The topological polar surface area (TPSA) is 63.8 Å². The van der Waals surface area contributed by atoms with Gasteiger partial charge in [-0.2, -0.15) is 5.10 Å². The summed E-state index contributed by atoms with van der Waals surface area (Å²) in [5.74, 6) is 1.27. The fourth-order valence-corrected chi connectivity index (χ4v) is 3.57. The van der Waals surface area contributed by atoms with Crippen LogP contribution in [0.2, 0.25) is 5.02 Å². The summed E-state index contributed by atoms with van der Waals surface area (Å²) < 4.78 is 12.6. The highest BCUT2D eigenvalue weighted by molar-refractivity contribution is 9.10. The number of carbonyl (C=O) groups excluding carboxylic acids is 1. The van der Waals surface area contributed by atoms with Gasteiger partial charge in [0.25, 0.3) is 5.91 Å². The van der Waals surface area contributed by atoms with E-state index in [4.69, 9.17) is 20.8 Å². The van der Waals surface area contributed by atoms with Gasteiger partial charge in [0.1, 0.15) is 23.9 Å². The highest BCUT2D eigenvalue weighted by Gasteiger charge is 2.12. The maximum atomic E-state index is 12.6. The number of halogens is 2. The SMILES string of the molecule is O=C(N/N=C/c1ccc(-c2cccc(Br)c2)o1)c1ccccc1OCc1ccccc1Cl.